The minimum atomic E-state index is -5.19. The second-order valence-electron chi connectivity index (χ2n) is 22.3. The van der Waals surface area contributed by atoms with Crippen molar-refractivity contribution in [3.05, 3.63) is 155 Å². The smallest absolute Gasteiger partial charge is 0.295 e. The maximum absolute atomic E-state index is 13.7. The Bertz CT molecular complexity index is 5300. The van der Waals surface area contributed by atoms with Gasteiger partial charge in [-0.05, 0) is 115 Å². The van der Waals surface area contributed by atoms with Crippen LogP contribution < -0.4 is 20.7 Å². The fourth-order valence-electron chi connectivity index (χ4n) is 11.2. The number of pyridine rings is 1. The van der Waals surface area contributed by atoms with Crippen molar-refractivity contribution in [1.29, 1.82) is 0 Å². The number of hydrogen-bond donors (Lipinski definition) is 9. The zero-order chi connectivity index (χ0) is 68.6. The molecule has 0 unspecified atom stereocenters. The molecule has 0 radical (unpaired) electrons. The molecule has 0 saturated heterocycles. The Labute approximate surface area is 536 Å². The van der Waals surface area contributed by atoms with E-state index in [-0.39, 0.29) is 104 Å². The highest BCUT2D eigenvalue weighted by atomic mass is 32.3. The van der Waals surface area contributed by atoms with E-state index >= 15 is 0 Å². The number of fused-ring (bicyclic) bond motifs is 6. The number of carbonyl (C=O) groups excluding carboxylic acids is 2. The molecule has 10 N–H and O–H groups in total. The molecule has 0 aliphatic carbocycles. The van der Waals surface area contributed by atoms with E-state index in [0.717, 1.165) is 12.1 Å². The van der Waals surface area contributed by atoms with Gasteiger partial charge in [0, 0.05) is 82.1 Å². The van der Waals surface area contributed by atoms with Gasteiger partial charge in [0.2, 0.25) is 15.2 Å². The van der Waals surface area contributed by atoms with Crippen LogP contribution in [0.2, 0.25) is 0 Å². The Morgan fingerprint density at radius 2 is 1.19 bits per heavy atom. The third-order valence-electron chi connectivity index (χ3n) is 15.2. The Morgan fingerprint density at radius 3 is 1.72 bits per heavy atom. The van der Waals surface area contributed by atoms with Gasteiger partial charge in [-0.3, -0.25) is 47.2 Å². The third-order valence-corrected chi connectivity index (χ3v) is 22.4. The number of anilines is 2. The molecule has 4 heterocycles. The Balaban J connectivity index is 1.17. The number of nitrogens with two attached hydrogens (primary N) is 1. The summed E-state index contributed by atoms with van der Waals surface area (Å²) in [7, 11) is -34.0. The molecule has 2 aliphatic rings. The van der Waals surface area contributed by atoms with Crippen LogP contribution in [-0.2, 0) is 88.1 Å². The molecule has 2 amide bonds. The lowest BCUT2D eigenvalue weighted by atomic mass is 9.79. The number of nitrogens with zero attached hydrogens (tertiary/aromatic N) is 5. The zero-order valence-electron chi connectivity index (χ0n) is 48.7. The minimum absolute atomic E-state index is 0.0253. The average molecular weight is 1440 g/mol. The van der Waals surface area contributed by atoms with E-state index in [1.807, 2.05) is 0 Å². The van der Waals surface area contributed by atoms with Gasteiger partial charge in [-0.25, -0.2) is 13.6 Å². The quantitative estimate of drug-likeness (QED) is 0.0180. The van der Waals surface area contributed by atoms with E-state index in [1.165, 1.54) is 79.0 Å². The highest BCUT2D eigenvalue weighted by molar-refractivity contribution is 7.91. The zero-order valence-corrected chi connectivity index (χ0v) is 55.2. The summed E-state index contributed by atoms with van der Waals surface area (Å²) in [5.74, 6) is -2.79. The lowest BCUT2D eigenvalue weighted by Crippen LogP contribution is -2.28. The highest BCUT2D eigenvalue weighted by Crippen LogP contribution is 2.52. The van der Waals surface area contributed by atoms with E-state index in [0.29, 0.717) is 40.4 Å². The summed E-state index contributed by atoms with van der Waals surface area (Å²) in [5, 5.41) is 16.7. The predicted octanol–water partition coefficient (Wildman–Crippen LogP) is 5.31. The Morgan fingerprint density at radius 1 is 0.634 bits per heavy atom. The molecule has 5 aromatic carbocycles. The van der Waals surface area contributed by atoms with Crippen molar-refractivity contribution in [2.45, 2.75) is 81.8 Å². The topological polar surface area (TPSA) is 489 Å². The van der Waals surface area contributed by atoms with Crippen LogP contribution in [0, 0.1) is 0 Å². The summed E-state index contributed by atoms with van der Waals surface area (Å²) in [5.41, 5.74) is -0.110. The number of nitrogens with one attached hydrogen (secondary N) is 2. The molecule has 0 fully saturated rings. The second kappa shape index (κ2) is 24.9. The van der Waals surface area contributed by atoms with Crippen molar-refractivity contribution in [2.75, 3.05) is 34.8 Å². The first kappa shape index (κ1) is 69.7. The van der Waals surface area contributed by atoms with Crippen LogP contribution in [0.1, 0.15) is 83.6 Å². The van der Waals surface area contributed by atoms with E-state index in [1.54, 1.807) is 49.3 Å². The lowest BCUT2D eigenvalue weighted by molar-refractivity contribution is -0.437. The lowest BCUT2D eigenvalue weighted by Gasteiger charge is -2.27. The summed E-state index contributed by atoms with van der Waals surface area (Å²) in [6.45, 7) is 6.17. The van der Waals surface area contributed by atoms with E-state index in [4.69, 9.17) is 5.14 Å². The second-order valence-corrected chi connectivity index (χ2v) is 33.7. The van der Waals surface area contributed by atoms with Crippen molar-refractivity contribution in [3.63, 3.8) is 0 Å². The molecule has 0 bridgehead atoms. The van der Waals surface area contributed by atoms with Gasteiger partial charge in [0.1, 0.15) is 16.3 Å². The summed E-state index contributed by atoms with van der Waals surface area (Å²) < 4.78 is 236. The van der Waals surface area contributed by atoms with Crippen LogP contribution in [0.5, 0.6) is 0 Å². The van der Waals surface area contributed by atoms with Crippen molar-refractivity contribution in [3.8, 4) is 0 Å². The first-order chi connectivity index (χ1) is 42.8. The SMILES string of the molecule is CC1(C)C(/C=C/C(=C/C=C2/N(CCCS(=O)(=O)O)c3ccc4c(S(=O)(=O)O)cc(S(=O)(=O)O)cc4c3C2(C)C)c2ccc(C(=O)NCc3ccc(C(=O)Nc4nnc(S(N)(=O)=O)s4)cc3)cn2)=[N+](CCCS(=O)(=O)O)c2ccc3c(S(=O)(=O)O)cc(S(=O)(=O)O)cc3c21. The first-order valence-corrected chi connectivity index (χ1v) is 38.3. The van der Waals surface area contributed by atoms with Crippen LogP contribution in [0.25, 0.3) is 27.1 Å². The average Bonchev–Trinajstić information content (AvgIpc) is 1.61. The number of aromatic nitrogens is 3. The number of carbonyl (C=O) groups is 2. The number of sulfonamides is 1. The van der Waals surface area contributed by atoms with Crippen LogP contribution in [-0.4, -0.2) is 148 Å². The molecule has 38 heteroatoms. The molecule has 0 spiro atoms. The molecule has 0 atom stereocenters. The number of benzene rings is 5. The monoisotopic (exact) mass is 1440 g/mol. The molecule has 2 aromatic heterocycles. The predicted molar refractivity (Wildman–Crippen MR) is 339 cm³/mol. The summed E-state index contributed by atoms with van der Waals surface area (Å²) in [6, 6.07) is 17.4. The van der Waals surface area contributed by atoms with Gasteiger partial charge in [-0.15, -0.1) is 10.2 Å². The van der Waals surface area contributed by atoms with Gasteiger partial charge < -0.3 is 10.2 Å². The standard InChI is InChI=1S/C55H54N8O22S8/c1-54(2)46(62(21-5-23-87(66,67)68)42-17-14-37-39(48(42)54)25-35(90(74,75)76)27-44(37)92(80,81)82)19-12-32(41-16-11-34(30-57-41)50(64)58-29-31-7-9-33(10-8-31)51(65)59-52-60-61-53(86-52)89(56,72)73)13-20-47-55(3,4)49-40-26-36(91(77,78)79)28-45(93(83,84)85)38(40)15-18-43(49)63(47)22-6-24-88(69,70)71/h7-20,25-28,30H,5-6,21-24,29H2,1-4H3,(H9-,56,58,59,60,64,65,66,67,68,69,70,71,72,73,74,75,76,77,78,79,80,81,82,83,84,85)/p+1. The van der Waals surface area contributed by atoms with Gasteiger partial charge in [-0.1, -0.05) is 49.5 Å². The first-order valence-electron chi connectivity index (χ1n) is 26.9. The third kappa shape index (κ3) is 15.1. The van der Waals surface area contributed by atoms with Crippen molar-refractivity contribution in [1.82, 2.24) is 20.5 Å². The summed E-state index contributed by atoms with van der Waals surface area (Å²) in [4.78, 5) is 29.3. The number of hydrogen-bond acceptors (Lipinski definition) is 21. The van der Waals surface area contributed by atoms with E-state index < -0.39 is 129 Å². The molecule has 494 valence electrons. The van der Waals surface area contributed by atoms with Crippen molar-refractivity contribution >= 4 is 143 Å². The van der Waals surface area contributed by atoms with Gasteiger partial charge in [0.15, 0.2) is 5.71 Å². The van der Waals surface area contributed by atoms with Gasteiger partial charge in [0.25, 0.3) is 82.5 Å². The van der Waals surface area contributed by atoms with Gasteiger partial charge in [-0.2, -0.15) is 55.1 Å². The van der Waals surface area contributed by atoms with Crippen molar-refractivity contribution in [2.24, 2.45) is 5.14 Å². The molecule has 30 nitrogen and oxygen atoms in total. The van der Waals surface area contributed by atoms with Crippen LogP contribution in [0.15, 0.2) is 145 Å². The van der Waals surface area contributed by atoms with Crippen LogP contribution in [0.4, 0.5) is 16.5 Å². The number of rotatable bonds is 22. The largest absolute Gasteiger partial charge is 0.348 e. The van der Waals surface area contributed by atoms with Gasteiger partial charge >= 0.3 is 0 Å². The summed E-state index contributed by atoms with van der Waals surface area (Å²) in [6.07, 6.45) is 6.91. The molecular weight excluding hydrogens is 1380 g/mol. The molecule has 0 saturated carbocycles. The number of primary sulfonamides is 1. The van der Waals surface area contributed by atoms with Crippen LogP contribution >= 0.6 is 11.3 Å². The number of allylic oxidation sites excluding steroid dienone is 6. The normalized spacial score (nSPS) is 16.0. The molecular formula is C55H55N8O22S8+. The maximum Gasteiger partial charge on any atom is 0.295 e. The van der Waals surface area contributed by atoms with Crippen molar-refractivity contribution < 1.29 is 100 Å². The van der Waals surface area contributed by atoms with E-state index in [2.05, 4.69) is 25.8 Å². The summed E-state index contributed by atoms with van der Waals surface area (Å²) >= 11 is 0.539. The Kier molecular flexibility index (Phi) is 18.7. The van der Waals surface area contributed by atoms with Crippen LogP contribution in [0.3, 0.4) is 0 Å². The number of amides is 2. The Hall–Kier alpha value is -7.67. The highest BCUT2D eigenvalue weighted by Gasteiger charge is 2.47. The van der Waals surface area contributed by atoms with E-state index in [9.17, 15) is 95.8 Å². The molecule has 93 heavy (non-hydrogen) atoms. The molecule has 9 rings (SSSR count). The van der Waals surface area contributed by atoms with Gasteiger partial charge in [0.05, 0.1) is 38.0 Å². The minimum Gasteiger partial charge on any atom is -0.348 e. The molecule has 7 aromatic rings. The molecule has 2 aliphatic heterocycles. The fraction of sp³-hybridized carbons (Fsp3) is 0.236. The fourth-order valence-corrected chi connectivity index (χ4v) is 16.2. The maximum atomic E-state index is 13.7.